The zero-order chi connectivity index (χ0) is 12.4. The van der Waals surface area contributed by atoms with Crippen molar-refractivity contribution in [3.63, 3.8) is 0 Å². The Kier molecular flexibility index (Phi) is 3.43. The molecule has 0 radical (unpaired) electrons. The van der Waals surface area contributed by atoms with E-state index in [0.29, 0.717) is 37.0 Å². The van der Waals surface area contributed by atoms with Gasteiger partial charge in [0.2, 0.25) is 0 Å². The second kappa shape index (κ2) is 4.84. The van der Waals surface area contributed by atoms with Crippen LogP contribution in [0.2, 0.25) is 0 Å². The molecule has 1 aliphatic rings. The van der Waals surface area contributed by atoms with Gasteiger partial charge in [0.05, 0.1) is 11.8 Å². The molecule has 2 rings (SSSR count). The van der Waals surface area contributed by atoms with Crippen LogP contribution in [0, 0.1) is 11.7 Å². The minimum absolute atomic E-state index is 0.0860. The zero-order valence-electron chi connectivity index (χ0n) is 9.77. The maximum atomic E-state index is 13.8. The standard InChI is InChI=1S/C13H16FNO2/c1-9-7-15(6-5-12(9)17)13-10(8-16)3-2-4-11(13)14/h2-4,8-9,12,17H,5-7H2,1H3. The number of halogens is 1. The summed E-state index contributed by atoms with van der Waals surface area (Å²) < 4.78 is 13.8. The van der Waals surface area contributed by atoms with Gasteiger partial charge < -0.3 is 10.0 Å². The van der Waals surface area contributed by atoms with E-state index < -0.39 is 0 Å². The van der Waals surface area contributed by atoms with Gasteiger partial charge in [0.15, 0.2) is 6.29 Å². The molecular formula is C13H16FNO2. The van der Waals surface area contributed by atoms with E-state index in [2.05, 4.69) is 0 Å². The third kappa shape index (κ3) is 2.31. The van der Waals surface area contributed by atoms with Gasteiger partial charge in [0.25, 0.3) is 0 Å². The predicted molar refractivity (Wildman–Crippen MR) is 63.8 cm³/mol. The molecule has 4 heteroatoms. The summed E-state index contributed by atoms with van der Waals surface area (Å²) >= 11 is 0. The van der Waals surface area contributed by atoms with Gasteiger partial charge in [-0.1, -0.05) is 13.0 Å². The van der Waals surface area contributed by atoms with Crippen LogP contribution in [-0.4, -0.2) is 30.6 Å². The highest BCUT2D eigenvalue weighted by Crippen LogP contribution is 2.28. The number of piperidine rings is 1. The molecule has 0 bridgehead atoms. The molecule has 1 saturated heterocycles. The number of anilines is 1. The smallest absolute Gasteiger partial charge is 0.152 e. The largest absolute Gasteiger partial charge is 0.393 e. The molecular weight excluding hydrogens is 221 g/mol. The van der Waals surface area contributed by atoms with Crippen LogP contribution in [0.3, 0.4) is 0 Å². The van der Waals surface area contributed by atoms with Crippen molar-refractivity contribution in [1.29, 1.82) is 0 Å². The molecule has 1 N–H and O–H groups in total. The quantitative estimate of drug-likeness (QED) is 0.798. The summed E-state index contributed by atoms with van der Waals surface area (Å²) in [4.78, 5) is 12.8. The van der Waals surface area contributed by atoms with E-state index >= 15 is 0 Å². The van der Waals surface area contributed by atoms with Gasteiger partial charge in [-0.15, -0.1) is 0 Å². The third-order valence-electron chi connectivity index (χ3n) is 3.32. The monoisotopic (exact) mass is 237 g/mol. The van der Waals surface area contributed by atoms with E-state index in [9.17, 15) is 14.3 Å². The number of aliphatic hydroxyl groups is 1. The molecule has 1 heterocycles. The lowest BCUT2D eigenvalue weighted by molar-refractivity contribution is 0.0968. The summed E-state index contributed by atoms with van der Waals surface area (Å²) in [6, 6.07) is 4.50. The molecule has 92 valence electrons. The highest BCUT2D eigenvalue weighted by atomic mass is 19.1. The van der Waals surface area contributed by atoms with Crippen molar-refractivity contribution in [3.05, 3.63) is 29.6 Å². The minimum atomic E-state index is -0.377. The average molecular weight is 237 g/mol. The van der Waals surface area contributed by atoms with E-state index in [1.807, 2.05) is 11.8 Å². The van der Waals surface area contributed by atoms with Crippen LogP contribution < -0.4 is 4.90 Å². The summed E-state index contributed by atoms with van der Waals surface area (Å²) in [6.07, 6.45) is 0.944. The maximum absolute atomic E-state index is 13.8. The number of aliphatic hydroxyl groups excluding tert-OH is 1. The van der Waals surface area contributed by atoms with Gasteiger partial charge in [0, 0.05) is 18.7 Å². The van der Waals surface area contributed by atoms with Crippen molar-refractivity contribution < 1.29 is 14.3 Å². The number of rotatable bonds is 2. The summed E-state index contributed by atoms with van der Waals surface area (Å²) in [6.45, 7) is 3.08. The van der Waals surface area contributed by atoms with Crippen LogP contribution in [0.1, 0.15) is 23.7 Å². The van der Waals surface area contributed by atoms with Gasteiger partial charge in [-0.25, -0.2) is 4.39 Å². The normalized spacial score (nSPS) is 24.8. The molecule has 1 aromatic carbocycles. The third-order valence-corrected chi connectivity index (χ3v) is 3.32. The Morgan fingerprint density at radius 1 is 1.53 bits per heavy atom. The van der Waals surface area contributed by atoms with Gasteiger partial charge in [-0.3, -0.25) is 4.79 Å². The molecule has 0 amide bonds. The lowest BCUT2D eigenvalue weighted by atomic mass is 9.95. The zero-order valence-corrected chi connectivity index (χ0v) is 9.77. The molecule has 0 spiro atoms. The van der Waals surface area contributed by atoms with Crippen molar-refractivity contribution >= 4 is 12.0 Å². The van der Waals surface area contributed by atoms with Crippen molar-refractivity contribution in [2.45, 2.75) is 19.4 Å². The first-order valence-corrected chi connectivity index (χ1v) is 5.80. The molecule has 3 nitrogen and oxygen atoms in total. The fourth-order valence-corrected chi connectivity index (χ4v) is 2.30. The summed E-state index contributed by atoms with van der Waals surface area (Å²) in [7, 11) is 0. The predicted octanol–water partition coefficient (Wildman–Crippen LogP) is 1.85. The van der Waals surface area contributed by atoms with E-state index in [0.717, 1.165) is 0 Å². The van der Waals surface area contributed by atoms with E-state index in [1.165, 1.54) is 12.1 Å². The molecule has 0 saturated carbocycles. The maximum Gasteiger partial charge on any atom is 0.152 e. The molecule has 1 aliphatic heterocycles. The fraction of sp³-hybridized carbons (Fsp3) is 0.462. The van der Waals surface area contributed by atoms with Crippen molar-refractivity contribution in [1.82, 2.24) is 0 Å². The van der Waals surface area contributed by atoms with Gasteiger partial charge in [0.1, 0.15) is 5.82 Å². The Hall–Kier alpha value is -1.42. The number of hydrogen-bond acceptors (Lipinski definition) is 3. The SMILES string of the molecule is CC1CN(c2c(F)cccc2C=O)CCC1O. The van der Waals surface area contributed by atoms with Gasteiger partial charge in [-0.2, -0.15) is 0 Å². The minimum Gasteiger partial charge on any atom is -0.393 e. The molecule has 17 heavy (non-hydrogen) atoms. The summed E-state index contributed by atoms with van der Waals surface area (Å²) in [5, 5.41) is 9.65. The Morgan fingerprint density at radius 2 is 2.29 bits per heavy atom. The Labute approximate surface area is 99.9 Å². The first kappa shape index (κ1) is 12.0. The molecule has 2 unspecified atom stereocenters. The van der Waals surface area contributed by atoms with Crippen molar-refractivity contribution in [2.24, 2.45) is 5.92 Å². The first-order valence-electron chi connectivity index (χ1n) is 5.80. The number of aldehydes is 1. The number of carbonyl (C=O) groups excluding carboxylic acids is 1. The Balaban J connectivity index is 2.31. The van der Waals surface area contributed by atoms with Crippen molar-refractivity contribution in [3.8, 4) is 0 Å². The van der Waals surface area contributed by atoms with Crippen LogP contribution in [0.5, 0.6) is 0 Å². The fourth-order valence-electron chi connectivity index (χ4n) is 2.30. The second-order valence-electron chi connectivity index (χ2n) is 4.57. The van der Waals surface area contributed by atoms with Gasteiger partial charge >= 0.3 is 0 Å². The van der Waals surface area contributed by atoms with Crippen LogP contribution in [0.15, 0.2) is 18.2 Å². The highest BCUT2D eigenvalue weighted by Gasteiger charge is 2.26. The van der Waals surface area contributed by atoms with Gasteiger partial charge in [-0.05, 0) is 24.5 Å². The summed E-state index contributed by atoms with van der Waals surface area (Å²) in [5.41, 5.74) is 0.731. The topological polar surface area (TPSA) is 40.5 Å². The highest BCUT2D eigenvalue weighted by molar-refractivity contribution is 5.84. The molecule has 1 aromatic rings. The van der Waals surface area contributed by atoms with Crippen LogP contribution >= 0.6 is 0 Å². The number of benzene rings is 1. The molecule has 1 fully saturated rings. The number of hydrogen-bond donors (Lipinski definition) is 1. The van der Waals surface area contributed by atoms with Crippen LogP contribution in [0.25, 0.3) is 0 Å². The van der Waals surface area contributed by atoms with E-state index in [-0.39, 0.29) is 17.8 Å². The second-order valence-corrected chi connectivity index (χ2v) is 4.57. The average Bonchev–Trinajstić information content (AvgIpc) is 2.32. The lowest BCUT2D eigenvalue weighted by Gasteiger charge is -2.36. The van der Waals surface area contributed by atoms with Crippen LogP contribution in [0.4, 0.5) is 10.1 Å². The van der Waals surface area contributed by atoms with Crippen LogP contribution in [-0.2, 0) is 0 Å². The number of para-hydroxylation sites is 1. The Morgan fingerprint density at radius 3 is 2.94 bits per heavy atom. The van der Waals surface area contributed by atoms with Crippen molar-refractivity contribution in [2.75, 3.05) is 18.0 Å². The molecule has 0 aromatic heterocycles. The molecule has 0 aliphatic carbocycles. The number of carbonyl (C=O) groups is 1. The Bertz CT molecular complexity index is 422. The number of nitrogens with zero attached hydrogens (tertiary/aromatic N) is 1. The summed E-state index contributed by atoms with van der Waals surface area (Å²) in [5.74, 6) is -0.291. The molecule has 2 atom stereocenters. The first-order chi connectivity index (χ1) is 8.13. The van der Waals surface area contributed by atoms with E-state index in [4.69, 9.17) is 0 Å². The lowest BCUT2D eigenvalue weighted by Crippen LogP contribution is -2.42. The van der Waals surface area contributed by atoms with E-state index in [1.54, 1.807) is 6.07 Å².